The van der Waals surface area contributed by atoms with Crippen LogP contribution in [0, 0.1) is 6.92 Å². The third-order valence-electron chi connectivity index (χ3n) is 3.80. The Morgan fingerprint density at radius 1 is 1.20 bits per heavy atom. The molecule has 0 amide bonds. The SMILES string of the molecule is CCNC(=NCc1cccc(C)c1)NCC(c1cccs1)N(C)C.I. The van der Waals surface area contributed by atoms with Crippen molar-refractivity contribution < 1.29 is 0 Å². The van der Waals surface area contributed by atoms with Crippen LogP contribution in [0.3, 0.4) is 0 Å². The monoisotopic (exact) mass is 472 g/mol. The second-order valence-electron chi connectivity index (χ2n) is 6.06. The number of halogens is 1. The fraction of sp³-hybridized carbons (Fsp3) is 0.421. The summed E-state index contributed by atoms with van der Waals surface area (Å²) < 4.78 is 0. The Kier molecular flexibility index (Phi) is 10.1. The lowest BCUT2D eigenvalue weighted by Crippen LogP contribution is -2.41. The van der Waals surface area contributed by atoms with Crippen LogP contribution < -0.4 is 10.6 Å². The molecule has 138 valence electrons. The lowest BCUT2D eigenvalue weighted by molar-refractivity contribution is 0.302. The number of guanidine groups is 1. The molecule has 0 aliphatic rings. The zero-order chi connectivity index (χ0) is 17.4. The van der Waals surface area contributed by atoms with Gasteiger partial charge in [0.05, 0.1) is 12.6 Å². The van der Waals surface area contributed by atoms with E-state index in [9.17, 15) is 0 Å². The number of aliphatic imine (C=N–C) groups is 1. The van der Waals surface area contributed by atoms with Gasteiger partial charge in [0.25, 0.3) is 0 Å². The molecule has 25 heavy (non-hydrogen) atoms. The van der Waals surface area contributed by atoms with Crippen molar-refractivity contribution in [2.24, 2.45) is 4.99 Å². The summed E-state index contributed by atoms with van der Waals surface area (Å²) in [6.45, 7) is 6.56. The first-order chi connectivity index (χ1) is 11.6. The summed E-state index contributed by atoms with van der Waals surface area (Å²) in [6, 6.07) is 13.1. The minimum absolute atomic E-state index is 0. The molecule has 1 heterocycles. The molecule has 2 aromatic rings. The molecule has 0 saturated heterocycles. The van der Waals surface area contributed by atoms with Crippen LogP contribution in [0.4, 0.5) is 0 Å². The van der Waals surface area contributed by atoms with Crippen molar-refractivity contribution in [2.75, 3.05) is 27.2 Å². The van der Waals surface area contributed by atoms with E-state index in [4.69, 9.17) is 4.99 Å². The summed E-state index contributed by atoms with van der Waals surface area (Å²) in [5, 5.41) is 8.94. The first kappa shape index (κ1) is 21.9. The zero-order valence-electron chi connectivity index (χ0n) is 15.5. The quantitative estimate of drug-likeness (QED) is 0.363. The van der Waals surface area contributed by atoms with Crippen molar-refractivity contribution in [3.63, 3.8) is 0 Å². The van der Waals surface area contributed by atoms with Gasteiger partial charge >= 0.3 is 0 Å². The Hall–Kier alpha value is -1.12. The van der Waals surface area contributed by atoms with Crippen LogP contribution in [-0.2, 0) is 6.54 Å². The highest BCUT2D eigenvalue weighted by Crippen LogP contribution is 2.22. The van der Waals surface area contributed by atoms with Gasteiger partial charge < -0.3 is 15.5 Å². The molecule has 4 nitrogen and oxygen atoms in total. The van der Waals surface area contributed by atoms with Gasteiger partial charge in [0.15, 0.2) is 5.96 Å². The van der Waals surface area contributed by atoms with E-state index in [0.29, 0.717) is 12.6 Å². The smallest absolute Gasteiger partial charge is 0.191 e. The molecule has 1 aromatic carbocycles. The van der Waals surface area contributed by atoms with Crippen molar-refractivity contribution in [2.45, 2.75) is 26.4 Å². The fourth-order valence-corrected chi connectivity index (χ4v) is 3.46. The maximum atomic E-state index is 4.72. The van der Waals surface area contributed by atoms with Gasteiger partial charge in [-0.3, -0.25) is 0 Å². The van der Waals surface area contributed by atoms with E-state index < -0.39 is 0 Å². The lowest BCUT2D eigenvalue weighted by Gasteiger charge is -2.24. The van der Waals surface area contributed by atoms with Gasteiger partial charge in [-0.15, -0.1) is 35.3 Å². The second-order valence-corrected chi connectivity index (χ2v) is 7.04. The number of aryl methyl sites for hydroxylation is 1. The van der Waals surface area contributed by atoms with Gasteiger partial charge in [-0.2, -0.15) is 0 Å². The molecule has 0 bridgehead atoms. The van der Waals surface area contributed by atoms with Gasteiger partial charge in [0.2, 0.25) is 0 Å². The number of likely N-dealkylation sites (N-methyl/N-ethyl adjacent to an activating group) is 1. The minimum atomic E-state index is 0. The Labute approximate surface area is 172 Å². The summed E-state index contributed by atoms with van der Waals surface area (Å²) in [5.74, 6) is 0.863. The lowest BCUT2D eigenvalue weighted by atomic mass is 10.1. The van der Waals surface area contributed by atoms with Gasteiger partial charge in [-0.05, 0) is 45.0 Å². The molecule has 0 radical (unpaired) electrons. The summed E-state index contributed by atoms with van der Waals surface area (Å²) in [6.07, 6.45) is 0. The number of thiophene rings is 1. The standard InChI is InChI=1S/C19H28N4S.HI/c1-5-20-19(21-13-16-9-6-8-15(2)12-16)22-14-17(23(3)4)18-10-7-11-24-18;/h6-12,17H,5,13-14H2,1-4H3,(H2,20,21,22);1H. The van der Waals surface area contributed by atoms with Crippen LogP contribution in [0.1, 0.15) is 29.0 Å². The molecule has 0 aliphatic heterocycles. The van der Waals surface area contributed by atoms with Crippen molar-refractivity contribution in [1.82, 2.24) is 15.5 Å². The highest BCUT2D eigenvalue weighted by molar-refractivity contribution is 14.0. The van der Waals surface area contributed by atoms with Gasteiger partial charge in [0.1, 0.15) is 0 Å². The molecule has 0 aliphatic carbocycles. The Bertz CT molecular complexity index is 641. The number of hydrogen-bond donors (Lipinski definition) is 2. The maximum absolute atomic E-state index is 4.72. The molecule has 0 fully saturated rings. The Balaban J connectivity index is 0.00000312. The van der Waals surface area contributed by atoms with Crippen molar-refractivity contribution >= 4 is 41.3 Å². The van der Waals surface area contributed by atoms with E-state index in [2.05, 4.69) is 85.3 Å². The number of rotatable bonds is 7. The topological polar surface area (TPSA) is 39.7 Å². The summed E-state index contributed by atoms with van der Waals surface area (Å²) >= 11 is 1.79. The van der Waals surface area contributed by atoms with E-state index in [1.54, 1.807) is 11.3 Å². The van der Waals surface area contributed by atoms with Crippen LogP contribution >= 0.6 is 35.3 Å². The number of hydrogen-bond acceptors (Lipinski definition) is 3. The summed E-state index contributed by atoms with van der Waals surface area (Å²) in [7, 11) is 4.23. The van der Waals surface area contributed by atoms with Crippen LogP contribution in [0.25, 0.3) is 0 Å². The van der Waals surface area contributed by atoms with Crippen LogP contribution in [0.2, 0.25) is 0 Å². The van der Waals surface area contributed by atoms with Gasteiger partial charge in [-0.25, -0.2) is 4.99 Å². The normalized spacial score (nSPS) is 12.6. The third kappa shape index (κ3) is 7.33. The van der Waals surface area contributed by atoms with E-state index in [-0.39, 0.29) is 24.0 Å². The first-order valence-corrected chi connectivity index (χ1v) is 9.25. The van der Waals surface area contributed by atoms with Gasteiger partial charge in [-0.1, -0.05) is 35.9 Å². The average molecular weight is 472 g/mol. The second kappa shape index (κ2) is 11.5. The maximum Gasteiger partial charge on any atom is 0.191 e. The first-order valence-electron chi connectivity index (χ1n) is 8.37. The Morgan fingerprint density at radius 3 is 2.60 bits per heavy atom. The highest BCUT2D eigenvalue weighted by Gasteiger charge is 2.15. The molecule has 1 atom stereocenters. The average Bonchev–Trinajstić information content (AvgIpc) is 3.06. The van der Waals surface area contributed by atoms with Crippen LogP contribution in [0.15, 0.2) is 46.8 Å². The molecule has 0 spiro atoms. The summed E-state index contributed by atoms with van der Waals surface area (Å²) in [4.78, 5) is 8.32. The van der Waals surface area contributed by atoms with E-state index in [1.165, 1.54) is 16.0 Å². The Morgan fingerprint density at radius 2 is 2.00 bits per heavy atom. The largest absolute Gasteiger partial charge is 0.357 e. The number of nitrogens with one attached hydrogen (secondary N) is 2. The number of nitrogens with zero attached hydrogens (tertiary/aromatic N) is 2. The highest BCUT2D eigenvalue weighted by atomic mass is 127. The third-order valence-corrected chi connectivity index (χ3v) is 4.78. The molecule has 1 unspecified atom stereocenters. The molecule has 2 rings (SSSR count). The van der Waals surface area contributed by atoms with Crippen molar-refractivity contribution in [3.05, 3.63) is 57.8 Å². The molecular weight excluding hydrogens is 443 g/mol. The molecule has 0 saturated carbocycles. The molecule has 2 N–H and O–H groups in total. The van der Waals surface area contributed by atoms with Gasteiger partial charge in [0, 0.05) is 18.0 Å². The van der Waals surface area contributed by atoms with E-state index in [1.807, 2.05) is 0 Å². The summed E-state index contributed by atoms with van der Waals surface area (Å²) in [5.41, 5.74) is 2.50. The molecule has 1 aromatic heterocycles. The number of benzene rings is 1. The van der Waals surface area contributed by atoms with Crippen LogP contribution in [-0.4, -0.2) is 38.0 Å². The molecular formula is C19H29IN4S. The molecule has 6 heteroatoms. The predicted molar refractivity (Wildman–Crippen MR) is 120 cm³/mol. The van der Waals surface area contributed by atoms with E-state index >= 15 is 0 Å². The van der Waals surface area contributed by atoms with E-state index in [0.717, 1.165) is 19.0 Å². The minimum Gasteiger partial charge on any atom is -0.357 e. The van der Waals surface area contributed by atoms with Crippen molar-refractivity contribution in [1.29, 1.82) is 0 Å². The zero-order valence-corrected chi connectivity index (χ0v) is 18.6. The fourth-order valence-electron chi connectivity index (χ4n) is 2.53. The van der Waals surface area contributed by atoms with Crippen molar-refractivity contribution in [3.8, 4) is 0 Å². The van der Waals surface area contributed by atoms with Crippen LogP contribution in [0.5, 0.6) is 0 Å². The predicted octanol–water partition coefficient (Wildman–Crippen LogP) is 4.03.